The van der Waals surface area contributed by atoms with Crippen LogP contribution in [0.4, 0.5) is 0 Å². The zero-order chi connectivity index (χ0) is 20.6. The van der Waals surface area contributed by atoms with E-state index in [1.54, 1.807) is 7.11 Å². The minimum absolute atomic E-state index is 0.0476. The third-order valence-corrected chi connectivity index (χ3v) is 5.38. The number of nitrogens with zero attached hydrogens (tertiary/aromatic N) is 3. The Labute approximate surface area is 174 Å². The minimum atomic E-state index is -0.0545. The fourth-order valence-corrected chi connectivity index (χ4v) is 3.46. The molecule has 0 aliphatic carbocycles. The van der Waals surface area contributed by atoms with Gasteiger partial charge in [0.2, 0.25) is 5.91 Å². The Hall–Kier alpha value is -3.00. The molecular weight excluding hydrogens is 388 g/mol. The molecule has 8 heteroatoms. The number of hydrogen-bond donors (Lipinski definition) is 1. The van der Waals surface area contributed by atoms with Gasteiger partial charge in [0.1, 0.15) is 6.61 Å². The van der Waals surface area contributed by atoms with E-state index in [9.17, 15) is 4.79 Å². The van der Waals surface area contributed by atoms with E-state index in [0.29, 0.717) is 22.5 Å². The van der Waals surface area contributed by atoms with Gasteiger partial charge in [0, 0.05) is 7.05 Å². The average Bonchev–Trinajstić information content (AvgIpc) is 3.11. The van der Waals surface area contributed by atoms with Crippen molar-refractivity contribution in [1.29, 1.82) is 0 Å². The highest BCUT2D eigenvalue weighted by Gasteiger charge is 2.14. The van der Waals surface area contributed by atoms with Crippen LogP contribution in [-0.2, 0) is 18.4 Å². The molecule has 0 fully saturated rings. The SMILES string of the molecule is COc1ccccc1OCc1nnc(SCC(=O)N[C@@H](C)c2ccccc2)n1C. The first-order valence-corrected chi connectivity index (χ1v) is 10.2. The van der Waals surface area contributed by atoms with Crippen LogP contribution < -0.4 is 14.8 Å². The summed E-state index contributed by atoms with van der Waals surface area (Å²) in [5.74, 6) is 2.17. The minimum Gasteiger partial charge on any atom is -0.493 e. The Bertz CT molecular complexity index is 946. The summed E-state index contributed by atoms with van der Waals surface area (Å²) in [5.41, 5.74) is 1.07. The van der Waals surface area contributed by atoms with Gasteiger partial charge in [-0.1, -0.05) is 54.2 Å². The molecule has 0 saturated carbocycles. The smallest absolute Gasteiger partial charge is 0.230 e. The predicted octanol–water partition coefficient (Wildman–Crippen LogP) is 3.37. The summed E-state index contributed by atoms with van der Waals surface area (Å²) in [6, 6.07) is 17.2. The lowest BCUT2D eigenvalue weighted by atomic mass is 10.1. The van der Waals surface area contributed by atoms with Crippen LogP contribution in [0.15, 0.2) is 59.8 Å². The molecule has 1 N–H and O–H groups in total. The first-order valence-electron chi connectivity index (χ1n) is 9.19. The fraction of sp³-hybridized carbons (Fsp3) is 0.286. The van der Waals surface area contributed by atoms with Crippen LogP contribution in [0.1, 0.15) is 24.4 Å². The lowest BCUT2D eigenvalue weighted by molar-refractivity contribution is -0.119. The van der Waals surface area contributed by atoms with E-state index < -0.39 is 0 Å². The largest absolute Gasteiger partial charge is 0.493 e. The van der Waals surface area contributed by atoms with Crippen molar-refractivity contribution in [3.8, 4) is 11.5 Å². The van der Waals surface area contributed by atoms with Gasteiger partial charge < -0.3 is 19.4 Å². The Kier molecular flexibility index (Phi) is 7.13. The van der Waals surface area contributed by atoms with E-state index in [4.69, 9.17) is 9.47 Å². The average molecular weight is 413 g/mol. The molecule has 0 saturated heterocycles. The van der Waals surface area contributed by atoms with E-state index >= 15 is 0 Å². The molecule has 0 aliphatic heterocycles. The molecule has 0 aliphatic rings. The first-order chi connectivity index (χ1) is 14.1. The maximum Gasteiger partial charge on any atom is 0.230 e. The fourth-order valence-electron chi connectivity index (χ4n) is 2.72. The number of aromatic nitrogens is 3. The van der Waals surface area contributed by atoms with Crippen LogP contribution >= 0.6 is 11.8 Å². The molecule has 1 amide bonds. The van der Waals surface area contributed by atoms with E-state index in [2.05, 4.69) is 15.5 Å². The number of benzene rings is 2. The molecule has 0 radical (unpaired) electrons. The Morgan fingerprint density at radius 3 is 2.52 bits per heavy atom. The lowest BCUT2D eigenvalue weighted by Crippen LogP contribution is -2.28. The van der Waals surface area contributed by atoms with Crippen LogP contribution in [0.5, 0.6) is 11.5 Å². The number of methoxy groups -OCH3 is 1. The molecule has 3 rings (SSSR count). The molecule has 152 valence electrons. The zero-order valence-electron chi connectivity index (χ0n) is 16.7. The Balaban J connectivity index is 1.52. The van der Waals surface area contributed by atoms with Gasteiger partial charge >= 0.3 is 0 Å². The molecule has 1 heterocycles. The molecular formula is C21H24N4O3S. The van der Waals surface area contributed by atoms with Gasteiger partial charge in [-0.3, -0.25) is 4.79 Å². The Morgan fingerprint density at radius 2 is 1.79 bits per heavy atom. The van der Waals surface area contributed by atoms with Gasteiger partial charge in [-0.15, -0.1) is 10.2 Å². The van der Waals surface area contributed by atoms with E-state index in [1.165, 1.54) is 11.8 Å². The summed E-state index contributed by atoms with van der Waals surface area (Å²) in [6.07, 6.45) is 0. The summed E-state index contributed by atoms with van der Waals surface area (Å²) in [5, 5.41) is 12.0. The van der Waals surface area contributed by atoms with Gasteiger partial charge in [-0.05, 0) is 24.6 Å². The van der Waals surface area contributed by atoms with Crippen LogP contribution in [0.3, 0.4) is 0 Å². The van der Waals surface area contributed by atoms with Crippen molar-refractivity contribution < 1.29 is 14.3 Å². The van der Waals surface area contributed by atoms with Crippen LogP contribution in [0, 0.1) is 0 Å². The summed E-state index contributed by atoms with van der Waals surface area (Å²) in [7, 11) is 3.46. The van der Waals surface area contributed by atoms with Crippen LogP contribution in [-0.4, -0.2) is 33.5 Å². The summed E-state index contributed by atoms with van der Waals surface area (Å²) in [6.45, 7) is 2.22. The molecule has 0 spiro atoms. The van der Waals surface area contributed by atoms with Crippen LogP contribution in [0.2, 0.25) is 0 Å². The van der Waals surface area contributed by atoms with Crippen molar-refractivity contribution in [1.82, 2.24) is 20.1 Å². The van der Waals surface area contributed by atoms with Gasteiger partial charge in [0.05, 0.1) is 18.9 Å². The standard InChI is InChI=1S/C21H24N4O3S/c1-15(16-9-5-4-6-10-16)22-20(26)14-29-21-24-23-19(25(21)2)13-28-18-12-8-7-11-17(18)27-3/h4-12,15H,13-14H2,1-3H3,(H,22,26)/t15-/m0/s1. The molecule has 0 unspecified atom stereocenters. The molecule has 29 heavy (non-hydrogen) atoms. The molecule has 3 aromatic rings. The normalized spacial score (nSPS) is 11.7. The molecule has 1 atom stereocenters. The van der Waals surface area contributed by atoms with Crippen molar-refractivity contribution in [2.24, 2.45) is 7.05 Å². The lowest BCUT2D eigenvalue weighted by Gasteiger charge is -2.14. The van der Waals surface area contributed by atoms with Crippen molar-refractivity contribution in [2.45, 2.75) is 24.7 Å². The van der Waals surface area contributed by atoms with Gasteiger partial charge in [-0.2, -0.15) is 0 Å². The van der Waals surface area contributed by atoms with Crippen molar-refractivity contribution in [3.63, 3.8) is 0 Å². The second-order valence-corrected chi connectivity index (χ2v) is 7.33. The number of nitrogens with one attached hydrogen (secondary N) is 1. The van der Waals surface area contributed by atoms with Crippen molar-refractivity contribution in [2.75, 3.05) is 12.9 Å². The maximum absolute atomic E-state index is 12.3. The number of para-hydroxylation sites is 2. The number of carbonyl (C=O) groups is 1. The highest BCUT2D eigenvalue weighted by Crippen LogP contribution is 2.26. The van der Waals surface area contributed by atoms with Crippen molar-refractivity contribution >= 4 is 17.7 Å². The van der Waals surface area contributed by atoms with E-state index in [0.717, 1.165) is 5.56 Å². The quantitative estimate of drug-likeness (QED) is 0.543. The maximum atomic E-state index is 12.3. The number of hydrogen-bond acceptors (Lipinski definition) is 6. The molecule has 2 aromatic carbocycles. The van der Waals surface area contributed by atoms with Gasteiger partial charge in [-0.25, -0.2) is 0 Å². The zero-order valence-corrected chi connectivity index (χ0v) is 17.5. The summed E-state index contributed by atoms with van der Waals surface area (Å²) in [4.78, 5) is 12.3. The molecule has 0 bridgehead atoms. The number of amides is 1. The number of thioether (sulfide) groups is 1. The Morgan fingerprint density at radius 1 is 1.10 bits per heavy atom. The van der Waals surface area contributed by atoms with E-state index in [-0.39, 0.29) is 24.3 Å². The molecule has 7 nitrogen and oxygen atoms in total. The second kappa shape index (κ2) is 9.97. The first kappa shape index (κ1) is 20.7. The summed E-state index contributed by atoms with van der Waals surface area (Å²) >= 11 is 1.34. The van der Waals surface area contributed by atoms with Crippen LogP contribution in [0.25, 0.3) is 0 Å². The van der Waals surface area contributed by atoms with Crippen molar-refractivity contribution in [3.05, 3.63) is 66.0 Å². The number of ether oxygens (including phenoxy) is 2. The monoisotopic (exact) mass is 412 g/mol. The number of carbonyl (C=O) groups excluding carboxylic acids is 1. The topological polar surface area (TPSA) is 78.3 Å². The van der Waals surface area contributed by atoms with Gasteiger partial charge in [0.15, 0.2) is 22.5 Å². The second-order valence-electron chi connectivity index (χ2n) is 6.39. The predicted molar refractivity (Wildman–Crippen MR) is 112 cm³/mol. The van der Waals surface area contributed by atoms with E-state index in [1.807, 2.05) is 73.1 Å². The highest BCUT2D eigenvalue weighted by atomic mass is 32.2. The third-order valence-electron chi connectivity index (χ3n) is 4.36. The third kappa shape index (κ3) is 5.51. The van der Waals surface area contributed by atoms with Gasteiger partial charge in [0.25, 0.3) is 0 Å². The molecule has 1 aromatic heterocycles. The highest BCUT2D eigenvalue weighted by molar-refractivity contribution is 7.99. The summed E-state index contributed by atoms with van der Waals surface area (Å²) < 4.78 is 12.9. The number of rotatable bonds is 9.